The molecule has 0 saturated carbocycles. The van der Waals surface area contributed by atoms with Gasteiger partial charge in [-0.25, -0.2) is 0 Å². The van der Waals surface area contributed by atoms with Gasteiger partial charge in [-0.3, -0.25) is 16.3 Å². The SMILES string of the molecule is CC(C)Cc1cc(-c2[c-]cccc2)ncc1[Si](C)(C)C.Cc1cccc(C)c1-c1ccc2s[c-]c(-c3nc4ccccc4n3-c3c(C(C)C)cc(-c4ccccc4)cc3C(C)C)c2c1.[Ir]. The number of hydrogen-bond acceptors (Lipinski definition) is 3. The number of pyridine rings is 1. The van der Waals surface area contributed by atoms with E-state index in [9.17, 15) is 0 Å². The van der Waals surface area contributed by atoms with Crippen LogP contribution in [0.2, 0.25) is 19.6 Å². The minimum Gasteiger partial charge on any atom is -0.333 e. The van der Waals surface area contributed by atoms with Crippen molar-refractivity contribution < 1.29 is 20.1 Å². The fourth-order valence-corrected chi connectivity index (χ4v) is 11.5. The number of nitrogens with zero attached hydrogens (tertiary/aromatic N) is 3. The van der Waals surface area contributed by atoms with E-state index in [4.69, 9.17) is 4.98 Å². The second kappa shape index (κ2) is 20.1. The standard InChI is InChI=1S/C41H37N2S.C18H24NSi.Ir/c1-25(2)32-22-31(29-15-8-7-9-16-29)23-33(26(3)4)40(32)43-37-18-11-10-17-36(37)42-41(43)35-24-44-38-20-19-30(21-34(35)38)39-27(5)13-12-14-28(39)6;1-14(2)11-16-12-17(15-9-7-6-8-10-15)19-13-18(16)20(3,4)5;/h7-23,25-26H,1-6H3;6-9,12-14H,11H2,1-5H3;/q2*-1;. The molecule has 0 aliphatic rings. The third-order valence-electron chi connectivity index (χ3n) is 12.2. The van der Waals surface area contributed by atoms with Crippen LogP contribution in [0.4, 0.5) is 0 Å². The number of hydrogen-bond donors (Lipinski definition) is 0. The first-order valence-electron chi connectivity index (χ1n) is 22.9. The van der Waals surface area contributed by atoms with Crippen molar-refractivity contribution >= 4 is 45.7 Å². The second-order valence-electron chi connectivity index (χ2n) is 19.3. The van der Waals surface area contributed by atoms with Crippen molar-refractivity contribution in [2.24, 2.45) is 5.92 Å². The number of rotatable bonds is 10. The molecule has 1 radical (unpaired) electrons. The van der Waals surface area contributed by atoms with Gasteiger partial charge in [0.05, 0.1) is 24.9 Å². The molecule has 65 heavy (non-hydrogen) atoms. The molecule has 0 aliphatic heterocycles. The number of thiophene rings is 1. The smallest absolute Gasteiger partial charge is 0.0798 e. The summed E-state index contributed by atoms with van der Waals surface area (Å²) in [7, 11) is -1.34. The maximum atomic E-state index is 5.34. The first-order valence-corrected chi connectivity index (χ1v) is 27.2. The van der Waals surface area contributed by atoms with Crippen molar-refractivity contribution in [2.45, 2.75) is 93.3 Å². The van der Waals surface area contributed by atoms with Crippen LogP contribution in [-0.4, -0.2) is 22.6 Å². The van der Waals surface area contributed by atoms with Crippen molar-refractivity contribution in [2.75, 3.05) is 0 Å². The van der Waals surface area contributed by atoms with Gasteiger partial charge in [0.15, 0.2) is 0 Å². The zero-order chi connectivity index (χ0) is 45.3. The number of aromatic nitrogens is 3. The van der Waals surface area contributed by atoms with Crippen LogP contribution in [-0.2, 0) is 26.5 Å². The van der Waals surface area contributed by atoms with Gasteiger partial charge < -0.3 is 9.55 Å². The van der Waals surface area contributed by atoms with Gasteiger partial charge in [0, 0.05) is 32.0 Å². The van der Waals surface area contributed by atoms with Crippen LogP contribution in [0.25, 0.3) is 71.7 Å². The monoisotopic (exact) mass is 1060 g/mol. The molecular formula is C59H61IrN3SSi-2. The van der Waals surface area contributed by atoms with Crippen molar-refractivity contribution in [3.05, 3.63) is 179 Å². The van der Waals surface area contributed by atoms with Crippen LogP contribution in [0.15, 0.2) is 140 Å². The Morgan fingerprint density at radius 2 is 1.34 bits per heavy atom. The zero-order valence-electron chi connectivity index (χ0n) is 39.8. The number of aryl methyl sites for hydroxylation is 2. The third kappa shape index (κ3) is 10.1. The summed E-state index contributed by atoms with van der Waals surface area (Å²) < 4.78 is 3.65. The normalized spacial score (nSPS) is 11.7. The Balaban J connectivity index is 0.000000253. The average Bonchev–Trinajstić information content (AvgIpc) is 3.87. The summed E-state index contributed by atoms with van der Waals surface area (Å²) in [6, 6.07) is 51.1. The Labute approximate surface area is 406 Å². The second-order valence-corrected chi connectivity index (χ2v) is 25.2. The van der Waals surface area contributed by atoms with E-state index in [1.807, 2.05) is 18.2 Å². The molecule has 0 atom stereocenters. The molecule has 9 aromatic rings. The molecular weight excluding hydrogens is 1000 g/mol. The molecule has 3 nitrogen and oxygen atoms in total. The molecule has 0 amide bonds. The number of para-hydroxylation sites is 2. The van der Waals surface area contributed by atoms with Crippen molar-refractivity contribution in [1.29, 1.82) is 0 Å². The topological polar surface area (TPSA) is 30.7 Å². The number of fused-ring (bicyclic) bond motifs is 2. The zero-order valence-corrected chi connectivity index (χ0v) is 44.0. The predicted molar refractivity (Wildman–Crippen MR) is 279 cm³/mol. The van der Waals surface area contributed by atoms with E-state index in [0.29, 0.717) is 17.8 Å². The Kier molecular flexibility index (Phi) is 14.8. The summed E-state index contributed by atoms with van der Waals surface area (Å²) in [6.07, 6.45) is 3.24. The fraction of sp³-hybridized carbons (Fsp3) is 0.254. The fourth-order valence-electron chi connectivity index (χ4n) is 9.08. The van der Waals surface area contributed by atoms with Gasteiger partial charge in [-0.2, -0.15) is 0 Å². The predicted octanol–water partition coefficient (Wildman–Crippen LogP) is 16.2. The summed E-state index contributed by atoms with van der Waals surface area (Å²) in [6.45, 7) is 25.4. The van der Waals surface area contributed by atoms with Gasteiger partial charge in [0.1, 0.15) is 0 Å². The van der Waals surface area contributed by atoms with Crippen LogP contribution in [0.1, 0.15) is 81.2 Å². The molecule has 0 spiro atoms. The van der Waals surface area contributed by atoms with Gasteiger partial charge in [-0.15, -0.1) is 41.3 Å². The van der Waals surface area contributed by atoms with Gasteiger partial charge in [-0.05, 0) is 118 Å². The molecule has 9 rings (SSSR count). The van der Waals surface area contributed by atoms with Gasteiger partial charge in [0.25, 0.3) is 0 Å². The summed E-state index contributed by atoms with van der Waals surface area (Å²) in [5.41, 5.74) is 18.3. The Hall–Kier alpha value is -5.23. The molecule has 0 unspecified atom stereocenters. The molecule has 0 N–H and O–H groups in total. The minimum atomic E-state index is -1.34. The Morgan fingerprint density at radius 1 is 0.677 bits per heavy atom. The van der Waals surface area contributed by atoms with Crippen LogP contribution < -0.4 is 5.19 Å². The van der Waals surface area contributed by atoms with Gasteiger partial charge in [0.2, 0.25) is 0 Å². The van der Waals surface area contributed by atoms with E-state index in [1.54, 1.807) is 11.3 Å². The van der Waals surface area contributed by atoms with Gasteiger partial charge in [-0.1, -0.05) is 167 Å². The molecule has 6 heteroatoms. The molecule has 6 aromatic carbocycles. The summed E-state index contributed by atoms with van der Waals surface area (Å²) >= 11 is 1.68. The number of imidazole rings is 1. The van der Waals surface area contributed by atoms with Gasteiger partial charge >= 0.3 is 0 Å². The minimum absolute atomic E-state index is 0. The quantitative estimate of drug-likeness (QED) is 0.101. The Morgan fingerprint density at radius 3 is 1.97 bits per heavy atom. The molecule has 3 aromatic heterocycles. The van der Waals surface area contributed by atoms with Crippen LogP contribution in [0.3, 0.4) is 0 Å². The first kappa shape index (κ1) is 47.7. The summed E-state index contributed by atoms with van der Waals surface area (Å²) in [5, 5.41) is 6.39. The first-order chi connectivity index (χ1) is 30.7. The van der Waals surface area contributed by atoms with Crippen LogP contribution >= 0.6 is 11.3 Å². The van der Waals surface area contributed by atoms with E-state index in [2.05, 4.69) is 217 Å². The Bertz CT molecular complexity index is 3010. The van der Waals surface area contributed by atoms with Crippen molar-refractivity contribution in [1.82, 2.24) is 14.5 Å². The number of benzene rings is 6. The largest absolute Gasteiger partial charge is 0.333 e. The average molecular weight is 1060 g/mol. The van der Waals surface area contributed by atoms with E-state index < -0.39 is 8.07 Å². The summed E-state index contributed by atoms with van der Waals surface area (Å²) in [5.74, 6) is 2.26. The van der Waals surface area contributed by atoms with E-state index in [0.717, 1.165) is 40.1 Å². The molecule has 0 bridgehead atoms. The molecule has 3 heterocycles. The summed E-state index contributed by atoms with van der Waals surface area (Å²) in [4.78, 5) is 10.0. The molecule has 0 fully saturated rings. The maximum absolute atomic E-state index is 5.34. The van der Waals surface area contributed by atoms with Crippen molar-refractivity contribution in [3.63, 3.8) is 0 Å². The maximum Gasteiger partial charge on any atom is 0.0798 e. The molecule has 0 saturated heterocycles. The van der Waals surface area contributed by atoms with Crippen molar-refractivity contribution in [3.8, 4) is 50.6 Å². The molecule has 0 aliphatic carbocycles. The molecule has 333 valence electrons. The van der Waals surface area contributed by atoms with Crippen LogP contribution in [0.5, 0.6) is 0 Å². The van der Waals surface area contributed by atoms with Crippen LogP contribution in [0, 0.1) is 31.2 Å². The van der Waals surface area contributed by atoms with E-state index >= 15 is 0 Å². The van der Waals surface area contributed by atoms with E-state index in [-0.39, 0.29) is 20.1 Å². The van der Waals surface area contributed by atoms with E-state index in [1.165, 1.54) is 71.0 Å². The third-order valence-corrected chi connectivity index (χ3v) is 15.2.